The average molecular weight is 645 g/mol. The van der Waals surface area contributed by atoms with E-state index in [1.165, 1.54) is 6.07 Å². The van der Waals surface area contributed by atoms with Gasteiger partial charge in [-0.2, -0.15) is 18.3 Å². The molecule has 3 N–H and O–H groups in total. The maximum atomic E-state index is 13.2. The Morgan fingerprint density at radius 1 is 1.17 bits per heavy atom. The first-order chi connectivity index (χ1) is 22.1. The number of pyridine rings is 1. The molecule has 2 amide bonds. The van der Waals surface area contributed by atoms with Gasteiger partial charge in [-0.3, -0.25) is 9.69 Å². The van der Waals surface area contributed by atoms with Crippen molar-refractivity contribution >= 4 is 23.5 Å². The first-order valence-corrected chi connectivity index (χ1v) is 14.4. The molecule has 4 heterocycles. The summed E-state index contributed by atoms with van der Waals surface area (Å²) < 4.78 is 57.2. The Bertz CT molecular complexity index is 1630. The van der Waals surface area contributed by atoms with E-state index >= 15 is 0 Å². The van der Waals surface area contributed by atoms with E-state index in [-0.39, 0.29) is 34.9 Å². The number of carbonyl (C=O) groups is 2. The van der Waals surface area contributed by atoms with Crippen molar-refractivity contribution in [3.63, 3.8) is 0 Å². The monoisotopic (exact) mass is 644 g/mol. The highest BCUT2D eigenvalue weighted by atomic mass is 19.4. The third kappa shape index (κ3) is 8.47. The lowest BCUT2D eigenvalue weighted by Crippen LogP contribution is -2.38. The number of hydrogen-bond donors (Lipinski definition) is 3. The molecule has 1 aliphatic heterocycles. The van der Waals surface area contributed by atoms with Crippen LogP contribution >= 0.6 is 0 Å². The molecule has 0 radical (unpaired) electrons. The van der Waals surface area contributed by atoms with Gasteiger partial charge in [0.15, 0.2) is 12.0 Å². The summed E-state index contributed by atoms with van der Waals surface area (Å²) in [5.41, 5.74) is 2.38. The number of carboxylic acid groups (broad SMARTS) is 1. The number of anilines is 2. The third-order valence-corrected chi connectivity index (χ3v) is 7.00. The number of nitrogens with one attached hydrogen (secondary N) is 1. The zero-order valence-electron chi connectivity index (χ0n) is 24.4. The summed E-state index contributed by atoms with van der Waals surface area (Å²) in [5, 5.41) is 26.1. The van der Waals surface area contributed by atoms with Crippen LogP contribution in [-0.4, -0.2) is 74.2 Å². The number of nitrogens with zero attached hydrogens (tertiary/aromatic N) is 5. The highest BCUT2D eigenvalue weighted by Crippen LogP contribution is 2.27. The maximum Gasteiger partial charge on any atom is 0.413 e. The summed E-state index contributed by atoms with van der Waals surface area (Å²) in [6, 6.07) is 9.50. The Morgan fingerprint density at radius 2 is 1.98 bits per heavy atom. The minimum atomic E-state index is -4.80. The molecule has 3 aromatic heterocycles. The largest absolute Gasteiger partial charge is 0.465 e. The van der Waals surface area contributed by atoms with Gasteiger partial charge in [0.05, 0.1) is 36.5 Å². The molecule has 46 heavy (non-hydrogen) atoms. The van der Waals surface area contributed by atoms with Gasteiger partial charge in [0.1, 0.15) is 18.6 Å². The van der Waals surface area contributed by atoms with Crippen LogP contribution in [0.2, 0.25) is 0 Å². The molecule has 0 aliphatic carbocycles. The lowest BCUT2D eigenvalue weighted by molar-refractivity contribution is -0.162. The molecule has 4 aromatic rings. The van der Waals surface area contributed by atoms with E-state index in [2.05, 4.69) is 20.4 Å². The number of alkyl halides is 3. The van der Waals surface area contributed by atoms with Crippen molar-refractivity contribution in [2.45, 2.75) is 51.2 Å². The standard InChI is InChI=1S/C30H31F3N6O7/c31-30(32,33)18-38(29(42)43)25-14-20(10-11-34-25)28-36-24(17-46-28)27(41)35-23-15-39(21-8-6-19(16-40)7-9-21)37-22(23)4-3-13-45-26-5-1-2-12-44-26/h6-11,14-15,17,26,40H,1-5,12-13,16,18H2,(H,35,41)(H,42,43). The third-order valence-electron chi connectivity index (χ3n) is 7.00. The van der Waals surface area contributed by atoms with Gasteiger partial charge in [-0.25, -0.2) is 19.4 Å². The summed E-state index contributed by atoms with van der Waals surface area (Å²) >= 11 is 0. The van der Waals surface area contributed by atoms with E-state index in [4.69, 9.17) is 13.9 Å². The number of halogens is 3. The smallest absolute Gasteiger partial charge is 0.413 e. The van der Waals surface area contributed by atoms with Crippen molar-refractivity contribution in [1.29, 1.82) is 0 Å². The van der Waals surface area contributed by atoms with Crippen LogP contribution in [0, 0.1) is 0 Å². The highest BCUT2D eigenvalue weighted by Gasteiger charge is 2.34. The molecule has 5 rings (SSSR count). The quantitative estimate of drug-likeness (QED) is 0.175. The van der Waals surface area contributed by atoms with Gasteiger partial charge in [0.2, 0.25) is 5.89 Å². The van der Waals surface area contributed by atoms with E-state index in [9.17, 15) is 33.0 Å². The van der Waals surface area contributed by atoms with Gasteiger partial charge in [-0.15, -0.1) is 0 Å². The van der Waals surface area contributed by atoms with E-state index in [1.54, 1.807) is 35.1 Å². The molecule has 1 unspecified atom stereocenters. The number of aliphatic hydroxyl groups is 1. The normalized spacial score (nSPS) is 15.1. The van der Waals surface area contributed by atoms with Crippen molar-refractivity contribution < 1.29 is 46.9 Å². The lowest BCUT2D eigenvalue weighted by atomic mass is 10.2. The summed E-state index contributed by atoms with van der Waals surface area (Å²) in [7, 11) is 0. The van der Waals surface area contributed by atoms with Crippen LogP contribution < -0.4 is 10.2 Å². The maximum absolute atomic E-state index is 13.2. The van der Waals surface area contributed by atoms with Crippen LogP contribution in [0.15, 0.2) is 59.5 Å². The molecule has 1 atom stereocenters. The summed E-state index contributed by atoms with van der Waals surface area (Å²) in [4.78, 5) is 32.6. The van der Waals surface area contributed by atoms with Crippen molar-refractivity contribution in [3.05, 3.63) is 72.0 Å². The molecule has 0 saturated carbocycles. The number of ether oxygens (including phenoxy) is 2. The Balaban J connectivity index is 1.32. The Morgan fingerprint density at radius 3 is 2.67 bits per heavy atom. The molecule has 0 spiro atoms. The predicted octanol–water partition coefficient (Wildman–Crippen LogP) is 5.19. The fourth-order valence-electron chi connectivity index (χ4n) is 4.70. The van der Waals surface area contributed by atoms with E-state index in [1.807, 2.05) is 0 Å². The molecule has 0 bridgehead atoms. The number of amides is 2. The first-order valence-electron chi connectivity index (χ1n) is 14.4. The van der Waals surface area contributed by atoms with Gasteiger partial charge in [-0.05, 0) is 61.9 Å². The second-order valence-corrected chi connectivity index (χ2v) is 10.4. The Hall–Kier alpha value is -4.80. The summed E-state index contributed by atoms with van der Waals surface area (Å²) in [6.45, 7) is -0.771. The van der Waals surface area contributed by atoms with E-state index in [0.29, 0.717) is 43.1 Å². The minimum absolute atomic E-state index is 0.0455. The number of oxazole rings is 1. The number of rotatable bonds is 12. The number of benzene rings is 1. The van der Waals surface area contributed by atoms with Crippen LogP contribution in [0.5, 0.6) is 0 Å². The number of carbonyl (C=O) groups excluding carboxylic acids is 1. The van der Waals surface area contributed by atoms with Crippen LogP contribution in [0.25, 0.3) is 17.1 Å². The number of aliphatic hydroxyl groups excluding tert-OH is 1. The molecule has 13 nitrogen and oxygen atoms in total. The highest BCUT2D eigenvalue weighted by molar-refractivity contribution is 6.03. The molecular weight excluding hydrogens is 613 g/mol. The Labute approximate surface area is 260 Å². The molecular formula is C30H31F3N6O7. The zero-order valence-corrected chi connectivity index (χ0v) is 24.4. The first kappa shape index (κ1) is 32.6. The molecule has 1 aromatic carbocycles. The van der Waals surface area contributed by atoms with Gasteiger partial charge in [0, 0.05) is 18.4 Å². The van der Waals surface area contributed by atoms with Gasteiger partial charge in [-0.1, -0.05) is 12.1 Å². The number of hydrogen-bond acceptors (Lipinski definition) is 9. The number of aromatic nitrogens is 4. The number of aryl methyl sites for hydroxylation is 1. The van der Waals surface area contributed by atoms with Gasteiger partial charge in [0.25, 0.3) is 5.91 Å². The fraction of sp³-hybridized carbons (Fsp3) is 0.367. The van der Waals surface area contributed by atoms with Crippen LogP contribution in [0.3, 0.4) is 0 Å². The molecule has 16 heteroatoms. The summed E-state index contributed by atoms with van der Waals surface area (Å²) in [6.07, 6.45) is 0.923. The topological polar surface area (TPSA) is 165 Å². The van der Waals surface area contributed by atoms with Crippen molar-refractivity contribution in [1.82, 2.24) is 19.7 Å². The molecule has 1 saturated heterocycles. The molecule has 1 aliphatic rings. The lowest BCUT2D eigenvalue weighted by Gasteiger charge is -2.22. The van der Waals surface area contributed by atoms with Crippen LogP contribution in [-0.2, 0) is 22.5 Å². The molecule has 244 valence electrons. The van der Waals surface area contributed by atoms with Crippen LogP contribution in [0.1, 0.15) is 47.4 Å². The Kier molecular flexibility index (Phi) is 10.3. The van der Waals surface area contributed by atoms with Gasteiger partial charge < -0.3 is 29.4 Å². The SMILES string of the molecule is O=C(Nc1cn(-c2ccc(CO)cc2)nc1CCCOC1CCCCO1)c1coc(-c2ccnc(N(CC(F)(F)F)C(=O)O)c2)n1. The minimum Gasteiger partial charge on any atom is -0.465 e. The van der Waals surface area contributed by atoms with Crippen molar-refractivity contribution in [2.75, 3.05) is 30.0 Å². The van der Waals surface area contributed by atoms with Crippen LogP contribution in [0.4, 0.5) is 29.5 Å². The predicted molar refractivity (Wildman–Crippen MR) is 156 cm³/mol. The van der Waals surface area contributed by atoms with E-state index < -0.39 is 30.5 Å². The second-order valence-electron chi connectivity index (χ2n) is 10.4. The fourth-order valence-corrected chi connectivity index (χ4v) is 4.70. The molecule has 1 fully saturated rings. The average Bonchev–Trinajstić information content (AvgIpc) is 3.70. The van der Waals surface area contributed by atoms with Crippen molar-refractivity contribution in [2.24, 2.45) is 0 Å². The zero-order chi connectivity index (χ0) is 32.7. The van der Waals surface area contributed by atoms with Gasteiger partial charge >= 0.3 is 12.3 Å². The second kappa shape index (κ2) is 14.5. The van der Waals surface area contributed by atoms with Crippen molar-refractivity contribution in [3.8, 4) is 17.1 Å². The summed E-state index contributed by atoms with van der Waals surface area (Å²) in [5.74, 6) is -1.26. The van der Waals surface area contributed by atoms with E-state index in [0.717, 1.165) is 43.4 Å².